The van der Waals surface area contributed by atoms with Crippen LogP contribution in [-0.2, 0) is 4.74 Å². The Morgan fingerprint density at radius 3 is 2.73 bits per heavy atom. The van der Waals surface area contributed by atoms with Crippen molar-refractivity contribution >= 4 is 11.9 Å². The van der Waals surface area contributed by atoms with E-state index in [4.69, 9.17) is 4.74 Å². The molecule has 2 aliphatic rings. The molecule has 0 atom stereocenters. The summed E-state index contributed by atoms with van der Waals surface area (Å²) in [5.74, 6) is -1.25. The van der Waals surface area contributed by atoms with Crippen LogP contribution in [0.4, 0.5) is 0 Å². The number of amides is 1. The molecule has 2 aliphatic heterocycles. The topological polar surface area (TPSA) is 136 Å². The van der Waals surface area contributed by atoms with Crippen LogP contribution in [0.15, 0.2) is 35.4 Å². The number of phenolic OH excluding ortho intramolecular Hbond substituents is 1. The molecule has 10 nitrogen and oxygen atoms in total. The Balaban J connectivity index is 1.99. The minimum Gasteiger partial charge on any atom is -0.504 e. The van der Waals surface area contributed by atoms with Crippen molar-refractivity contribution in [2.45, 2.75) is 0 Å². The Morgan fingerprint density at radius 2 is 2.04 bits per heavy atom. The Hall–Kier alpha value is -3.82. The Kier molecular flexibility index (Phi) is 4.31. The van der Waals surface area contributed by atoms with Crippen LogP contribution in [0.5, 0.6) is 11.5 Å². The third-order valence-corrected chi connectivity index (χ3v) is 3.64. The predicted octanol–water partition coefficient (Wildman–Crippen LogP) is 0.561. The van der Waals surface area contributed by atoms with Crippen molar-refractivity contribution in [3.63, 3.8) is 0 Å². The predicted molar refractivity (Wildman–Crippen MR) is 89.2 cm³/mol. The van der Waals surface area contributed by atoms with Crippen molar-refractivity contribution in [3.8, 4) is 22.8 Å². The van der Waals surface area contributed by atoms with E-state index in [0.717, 1.165) is 4.68 Å². The number of carbonyl (C=O) groups is 2. The van der Waals surface area contributed by atoms with Crippen molar-refractivity contribution in [3.05, 3.63) is 52.1 Å². The molecule has 0 aromatic heterocycles. The van der Waals surface area contributed by atoms with E-state index in [1.54, 1.807) is 0 Å². The van der Waals surface area contributed by atoms with E-state index in [9.17, 15) is 19.5 Å². The molecule has 10 heteroatoms. The molecule has 2 heterocycles. The van der Waals surface area contributed by atoms with Crippen LogP contribution in [0, 0.1) is 0 Å². The summed E-state index contributed by atoms with van der Waals surface area (Å²) in [5.41, 5.74) is 2.44. The van der Waals surface area contributed by atoms with Gasteiger partial charge in [-0.3, -0.25) is 19.7 Å². The molecular weight excluding hydrogens is 344 g/mol. The standard InChI is InChI=1S/C16H14N4O6/c1-25-12-5-8(3-4-11(12)21)14(22)19-20-6-9-13(17-18-15(9)23)10(7-20)16(24)26-2/h3-7,21H,1-2H3,(H,18,23)(H,19,22). The highest BCUT2D eigenvalue weighted by molar-refractivity contribution is 6.01. The number of pyridine rings is 1. The maximum Gasteiger partial charge on any atom is 0.341 e. The SMILES string of the molecule is COC(=O)c1cn(NC(=O)c2ccc(O)c(OC)c2)cc2c(=O)[nH]nc1-2. The molecule has 1 aromatic rings. The molecule has 0 bridgehead atoms. The number of hydrogen-bond donors (Lipinski definition) is 3. The van der Waals surface area contributed by atoms with Crippen LogP contribution in [-0.4, -0.2) is 46.1 Å². The average molecular weight is 358 g/mol. The van der Waals surface area contributed by atoms with Crippen molar-refractivity contribution in [1.82, 2.24) is 14.9 Å². The molecule has 0 radical (unpaired) electrons. The van der Waals surface area contributed by atoms with Gasteiger partial charge in [0, 0.05) is 18.0 Å². The van der Waals surface area contributed by atoms with Crippen LogP contribution in [0.3, 0.4) is 0 Å². The summed E-state index contributed by atoms with van der Waals surface area (Å²) >= 11 is 0. The van der Waals surface area contributed by atoms with E-state index in [1.165, 1.54) is 44.8 Å². The quantitative estimate of drug-likeness (QED) is 0.580. The Morgan fingerprint density at radius 1 is 1.27 bits per heavy atom. The summed E-state index contributed by atoms with van der Waals surface area (Å²) < 4.78 is 10.8. The second-order valence-electron chi connectivity index (χ2n) is 5.21. The second-order valence-corrected chi connectivity index (χ2v) is 5.21. The number of aromatic amines is 1. The molecule has 3 N–H and O–H groups in total. The van der Waals surface area contributed by atoms with E-state index in [-0.39, 0.29) is 33.9 Å². The Labute approximate surface area is 146 Å². The van der Waals surface area contributed by atoms with Gasteiger partial charge in [0.1, 0.15) is 11.3 Å². The summed E-state index contributed by atoms with van der Waals surface area (Å²) in [6, 6.07) is 4.06. The highest BCUT2D eigenvalue weighted by atomic mass is 16.5. The Bertz CT molecular complexity index is 1020. The average Bonchev–Trinajstić information content (AvgIpc) is 3.01. The number of benzene rings is 1. The van der Waals surface area contributed by atoms with Gasteiger partial charge < -0.3 is 14.6 Å². The molecule has 0 fully saturated rings. The lowest BCUT2D eigenvalue weighted by Crippen LogP contribution is -2.25. The van der Waals surface area contributed by atoms with Crippen LogP contribution >= 0.6 is 0 Å². The normalized spacial score (nSPS) is 10.5. The third kappa shape index (κ3) is 2.95. The van der Waals surface area contributed by atoms with Crippen molar-refractivity contribution in [2.24, 2.45) is 0 Å². The highest BCUT2D eigenvalue weighted by Crippen LogP contribution is 2.26. The van der Waals surface area contributed by atoms with Crippen molar-refractivity contribution < 1.29 is 24.2 Å². The number of rotatable bonds is 4. The maximum atomic E-state index is 12.4. The van der Waals surface area contributed by atoms with Crippen LogP contribution in [0.2, 0.25) is 0 Å². The highest BCUT2D eigenvalue weighted by Gasteiger charge is 2.22. The number of aromatic nitrogens is 3. The van der Waals surface area contributed by atoms with E-state index in [0.29, 0.717) is 0 Å². The molecule has 26 heavy (non-hydrogen) atoms. The zero-order valence-electron chi connectivity index (χ0n) is 13.8. The van der Waals surface area contributed by atoms with Gasteiger partial charge in [-0.1, -0.05) is 0 Å². The van der Waals surface area contributed by atoms with Gasteiger partial charge in [-0.05, 0) is 18.2 Å². The fraction of sp³-hybridized carbons (Fsp3) is 0.125. The first-order valence-corrected chi connectivity index (χ1v) is 7.31. The number of nitrogens with one attached hydrogen (secondary N) is 2. The van der Waals surface area contributed by atoms with Gasteiger partial charge in [0.2, 0.25) is 0 Å². The minimum atomic E-state index is -0.712. The van der Waals surface area contributed by atoms with Gasteiger partial charge in [0.15, 0.2) is 11.5 Å². The van der Waals surface area contributed by atoms with Crippen LogP contribution in [0.25, 0.3) is 11.3 Å². The number of methoxy groups -OCH3 is 2. The minimum absolute atomic E-state index is 0.00642. The molecule has 0 aliphatic carbocycles. The number of carbonyl (C=O) groups excluding carboxylic acids is 2. The molecule has 1 aromatic carbocycles. The molecule has 0 saturated carbocycles. The van der Waals surface area contributed by atoms with Gasteiger partial charge in [-0.2, -0.15) is 5.10 Å². The maximum absolute atomic E-state index is 12.4. The molecular formula is C16H14N4O6. The summed E-state index contributed by atoms with van der Waals surface area (Å²) in [7, 11) is 2.55. The fourth-order valence-electron chi connectivity index (χ4n) is 2.36. The lowest BCUT2D eigenvalue weighted by Gasteiger charge is -2.13. The summed E-state index contributed by atoms with van der Waals surface area (Å²) in [4.78, 5) is 36.2. The fourth-order valence-corrected chi connectivity index (χ4v) is 2.36. The number of nitrogens with zero attached hydrogens (tertiary/aromatic N) is 2. The zero-order chi connectivity index (χ0) is 18.8. The lowest BCUT2D eigenvalue weighted by molar-refractivity contribution is 0.0600. The van der Waals surface area contributed by atoms with Crippen molar-refractivity contribution in [2.75, 3.05) is 19.6 Å². The lowest BCUT2D eigenvalue weighted by atomic mass is 10.1. The van der Waals surface area contributed by atoms with Crippen molar-refractivity contribution in [1.29, 1.82) is 0 Å². The van der Waals surface area contributed by atoms with Gasteiger partial charge >= 0.3 is 5.97 Å². The van der Waals surface area contributed by atoms with Gasteiger partial charge in [0.05, 0.1) is 19.8 Å². The monoisotopic (exact) mass is 358 g/mol. The first kappa shape index (κ1) is 17.0. The first-order chi connectivity index (χ1) is 12.4. The molecule has 134 valence electrons. The summed E-state index contributed by atoms with van der Waals surface area (Å²) in [5, 5.41) is 15.6. The van der Waals surface area contributed by atoms with Gasteiger partial charge in [-0.15, -0.1) is 0 Å². The molecule has 0 spiro atoms. The van der Waals surface area contributed by atoms with Crippen LogP contribution < -0.4 is 15.7 Å². The van der Waals surface area contributed by atoms with E-state index < -0.39 is 17.4 Å². The number of phenols is 1. The number of fused-ring (bicyclic) bond motifs is 1. The van der Waals surface area contributed by atoms with E-state index in [2.05, 4.69) is 20.4 Å². The number of aromatic hydroxyl groups is 1. The largest absolute Gasteiger partial charge is 0.504 e. The second kappa shape index (κ2) is 6.59. The third-order valence-electron chi connectivity index (χ3n) is 3.64. The number of hydrogen-bond acceptors (Lipinski definition) is 7. The van der Waals surface area contributed by atoms with Gasteiger partial charge in [0.25, 0.3) is 11.5 Å². The molecule has 0 saturated heterocycles. The smallest absolute Gasteiger partial charge is 0.341 e. The first-order valence-electron chi connectivity index (χ1n) is 7.31. The number of esters is 1. The van der Waals surface area contributed by atoms with Gasteiger partial charge in [-0.25, -0.2) is 9.89 Å². The van der Waals surface area contributed by atoms with E-state index >= 15 is 0 Å². The van der Waals surface area contributed by atoms with Crippen LogP contribution in [0.1, 0.15) is 20.7 Å². The molecule has 1 amide bonds. The number of H-pyrrole nitrogens is 1. The summed E-state index contributed by atoms with van der Waals surface area (Å²) in [6.45, 7) is 0. The molecule has 0 unspecified atom stereocenters. The number of ether oxygens (including phenoxy) is 2. The summed E-state index contributed by atoms with van der Waals surface area (Å²) in [6.07, 6.45) is 2.60. The molecule has 3 rings (SSSR count). The van der Waals surface area contributed by atoms with E-state index in [1.807, 2.05) is 0 Å². The zero-order valence-corrected chi connectivity index (χ0v) is 13.8.